The minimum Gasteiger partial charge on any atom is -0.456 e. The molecule has 2 nitrogen and oxygen atoms in total. The number of furan rings is 2. The number of hydrogen-bond donors (Lipinski definition) is 0. The van der Waals surface area contributed by atoms with Gasteiger partial charge in [0.1, 0.15) is 16.7 Å². The van der Waals surface area contributed by atoms with Gasteiger partial charge in [-0.2, -0.15) is 0 Å². The third kappa shape index (κ3) is 1.94. The van der Waals surface area contributed by atoms with Crippen LogP contribution in [0.15, 0.2) is 69.5 Å². The van der Waals surface area contributed by atoms with Crippen molar-refractivity contribution >= 4 is 44.5 Å². The Morgan fingerprint density at radius 2 is 1.48 bits per heavy atom. The monoisotopic (exact) mass is 342 g/mol. The van der Waals surface area contributed by atoms with Gasteiger partial charge in [-0.1, -0.05) is 48.0 Å². The number of para-hydroxylation sites is 1. The fourth-order valence-electron chi connectivity index (χ4n) is 3.45. The van der Waals surface area contributed by atoms with Gasteiger partial charge < -0.3 is 8.83 Å². The lowest BCUT2D eigenvalue weighted by Crippen LogP contribution is -1.82. The molecular formula is C22H11ClO2. The summed E-state index contributed by atoms with van der Waals surface area (Å²) in [5.41, 5.74) is 4.15. The smallest absolute Gasteiger partial charge is 0.185 e. The van der Waals surface area contributed by atoms with E-state index in [-0.39, 0.29) is 0 Å². The van der Waals surface area contributed by atoms with Crippen LogP contribution in [-0.2, 0) is 0 Å². The number of rotatable bonds is 1. The molecule has 0 saturated carbocycles. The van der Waals surface area contributed by atoms with Gasteiger partial charge in [0.2, 0.25) is 0 Å². The first-order valence-electron chi connectivity index (χ1n) is 7.86. The van der Waals surface area contributed by atoms with Crippen LogP contribution in [0.25, 0.3) is 44.0 Å². The van der Waals surface area contributed by atoms with Crippen molar-refractivity contribution in [3.63, 3.8) is 0 Å². The highest BCUT2D eigenvalue weighted by Crippen LogP contribution is 2.43. The standard InChI is InChI=1S/C22H11ClO2/c1-2-16-20(13-7-3-4-10-17(13)24-16)14-8-5-11-18-21(14)22-15(23)9-6-12-19(22)25-18/h1,3-12H. The molecule has 2 heterocycles. The lowest BCUT2D eigenvalue weighted by atomic mass is 9.97. The number of fused-ring (bicyclic) bond motifs is 4. The van der Waals surface area contributed by atoms with Crippen LogP contribution in [0.4, 0.5) is 0 Å². The minimum atomic E-state index is 0.509. The molecule has 25 heavy (non-hydrogen) atoms. The van der Waals surface area contributed by atoms with Crippen LogP contribution in [0, 0.1) is 12.3 Å². The zero-order chi connectivity index (χ0) is 17.0. The second-order valence-corrected chi connectivity index (χ2v) is 6.25. The van der Waals surface area contributed by atoms with E-state index in [0.29, 0.717) is 10.8 Å². The lowest BCUT2D eigenvalue weighted by Gasteiger charge is -2.03. The van der Waals surface area contributed by atoms with Crippen molar-refractivity contribution in [2.45, 2.75) is 0 Å². The van der Waals surface area contributed by atoms with Crippen molar-refractivity contribution in [1.29, 1.82) is 0 Å². The zero-order valence-electron chi connectivity index (χ0n) is 13.0. The van der Waals surface area contributed by atoms with E-state index in [0.717, 1.165) is 44.0 Å². The lowest BCUT2D eigenvalue weighted by molar-refractivity contribution is 0.603. The molecular weight excluding hydrogens is 332 g/mol. The molecule has 0 unspecified atom stereocenters. The Labute approximate surface area is 148 Å². The van der Waals surface area contributed by atoms with Crippen molar-refractivity contribution < 1.29 is 8.83 Å². The SMILES string of the molecule is C#Cc1oc2ccccc2c1-c1cccc2oc3cccc(Cl)c3c12. The maximum Gasteiger partial charge on any atom is 0.185 e. The molecule has 0 spiro atoms. The Morgan fingerprint density at radius 3 is 2.32 bits per heavy atom. The highest BCUT2D eigenvalue weighted by Gasteiger charge is 2.20. The Morgan fingerprint density at radius 1 is 0.760 bits per heavy atom. The second-order valence-electron chi connectivity index (χ2n) is 5.84. The van der Waals surface area contributed by atoms with E-state index >= 15 is 0 Å². The first-order chi connectivity index (χ1) is 12.3. The molecule has 0 fully saturated rings. The van der Waals surface area contributed by atoms with E-state index in [1.807, 2.05) is 60.7 Å². The molecule has 118 valence electrons. The quantitative estimate of drug-likeness (QED) is 0.319. The number of terminal acetylenes is 1. The molecule has 0 bridgehead atoms. The van der Waals surface area contributed by atoms with Crippen molar-refractivity contribution in [2.75, 3.05) is 0 Å². The third-order valence-corrected chi connectivity index (χ3v) is 4.78. The van der Waals surface area contributed by atoms with Crippen LogP contribution in [-0.4, -0.2) is 0 Å². The van der Waals surface area contributed by atoms with E-state index in [9.17, 15) is 0 Å². The summed E-state index contributed by atoms with van der Waals surface area (Å²) < 4.78 is 11.9. The molecule has 5 aromatic rings. The van der Waals surface area contributed by atoms with E-state index in [2.05, 4.69) is 5.92 Å². The Balaban J connectivity index is 2.01. The first kappa shape index (κ1) is 14.2. The summed E-state index contributed by atoms with van der Waals surface area (Å²) in [4.78, 5) is 0. The van der Waals surface area contributed by atoms with Crippen molar-refractivity contribution in [2.24, 2.45) is 0 Å². The van der Waals surface area contributed by atoms with Gasteiger partial charge in [-0.15, -0.1) is 6.42 Å². The molecule has 0 amide bonds. The number of halogens is 1. The topological polar surface area (TPSA) is 26.3 Å². The highest BCUT2D eigenvalue weighted by atomic mass is 35.5. The van der Waals surface area contributed by atoms with Gasteiger partial charge in [0.05, 0.1) is 5.02 Å². The molecule has 0 radical (unpaired) electrons. The maximum absolute atomic E-state index is 6.48. The van der Waals surface area contributed by atoms with Gasteiger partial charge in [0.25, 0.3) is 0 Å². The molecule has 0 aliphatic heterocycles. The summed E-state index contributed by atoms with van der Waals surface area (Å²) in [5, 5.41) is 3.47. The van der Waals surface area contributed by atoms with Crippen LogP contribution < -0.4 is 0 Å². The normalized spacial score (nSPS) is 11.4. The molecule has 0 saturated heterocycles. The van der Waals surface area contributed by atoms with E-state index < -0.39 is 0 Å². The summed E-state index contributed by atoms with van der Waals surface area (Å²) in [6.45, 7) is 0. The molecule has 0 aliphatic rings. The number of hydrogen-bond acceptors (Lipinski definition) is 2. The highest BCUT2D eigenvalue weighted by molar-refractivity contribution is 6.38. The molecule has 2 aromatic heterocycles. The Kier molecular flexibility index (Phi) is 2.94. The summed E-state index contributed by atoms with van der Waals surface area (Å²) in [6, 6.07) is 19.4. The van der Waals surface area contributed by atoms with Gasteiger partial charge in [-0.25, -0.2) is 0 Å². The summed E-state index contributed by atoms with van der Waals surface area (Å²) in [7, 11) is 0. The van der Waals surface area contributed by atoms with Crippen LogP contribution in [0.2, 0.25) is 5.02 Å². The third-order valence-electron chi connectivity index (χ3n) is 4.47. The van der Waals surface area contributed by atoms with E-state index in [1.54, 1.807) is 0 Å². The summed E-state index contributed by atoms with van der Waals surface area (Å²) in [6.07, 6.45) is 5.72. The Bertz CT molecular complexity index is 1310. The van der Waals surface area contributed by atoms with Gasteiger partial charge in [0.15, 0.2) is 5.76 Å². The van der Waals surface area contributed by atoms with Gasteiger partial charge in [-0.3, -0.25) is 0 Å². The molecule has 3 aromatic carbocycles. The molecule has 0 aliphatic carbocycles. The predicted octanol–water partition coefficient (Wildman–Crippen LogP) is 6.63. The molecule has 3 heteroatoms. The van der Waals surface area contributed by atoms with Crippen molar-refractivity contribution in [3.8, 4) is 23.5 Å². The largest absolute Gasteiger partial charge is 0.456 e. The summed E-state index contributed by atoms with van der Waals surface area (Å²) >= 11 is 6.48. The fourth-order valence-corrected chi connectivity index (χ4v) is 3.71. The zero-order valence-corrected chi connectivity index (χ0v) is 13.8. The van der Waals surface area contributed by atoms with Crippen LogP contribution in [0.5, 0.6) is 0 Å². The van der Waals surface area contributed by atoms with E-state index in [1.165, 1.54) is 0 Å². The molecule has 0 N–H and O–H groups in total. The minimum absolute atomic E-state index is 0.509. The molecule has 5 rings (SSSR count). The average molecular weight is 343 g/mol. The maximum atomic E-state index is 6.48. The Hall–Kier alpha value is -3.15. The van der Waals surface area contributed by atoms with E-state index in [4.69, 9.17) is 26.9 Å². The fraction of sp³-hybridized carbons (Fsp3) is 0. The summed E-state index contributed by atoms with van der Waals surface area (Å²) in [5.74, 6) is 3.18. The van der Waals surface area contributed by atoms with Crippen LogP contribution >= 0.6 is 11.6 Å². The average Bonchev–Trinajstić information content (AvgIpc) is 3.20. The first-order valence-corrected chi connectivity index (χ1v) is 8.24. The van der Waals surface area contributed by atoms with Gasteiger partial charge in [0, 0.05) is 21.7 Å². The van der Waals surface area contributed by atoms with Crippen molar-refractivity contribution in [3.05, 3.63) is 71.4 Å². The van der Waals surface area contributed by atoms with Crippen LogP contribution in [0.3, 0.4) is 0 Å². The number of benzene rings is 3. The molecule has 0 atom stereocenters. The van der Waals surface area contributed by atoms with Gasteiger partial charge >= 0.3 is 0 Å². The van der Waals surface area contributed by atoms with Crippen LogP contribution in [0.1, 0.15) is 5.76 Å². The predicted molar refractivity (Wildman–Crippen MR) is 102 cm³/mol. The van der Waals surface area contributed by atoms with Gasteiger partial charge in [-0.05, 0) is 35.7 Å². The second kappa shape index (κ2) is 5.17. The van der Waals surface area contributed by atoms with Crippen molar-refractivity contribution in [1.82, 2.24) is 0 Å².